The number of benzene rings is 1. The van der Waals surface area contributed by atoms with Gasteiger partial charge in [-0.2, -0.15) is 0 Å². The summed E-state index contributed by atoms with van der Waals surface area (Å²) in [5.41, 5.74) is -0.242. The van der Waals surface area contributed by atoms with Crippen molar-refractivity contribution in [1.82, 2.24) is 5.32 Å². The SMILES string of the molecule is CC(C)(C)OC(=O)N[C@@](C)(CCO)c1ccccc1. The predicted octanol–water partition coefficient (Wildman–Crippen LogP) is 2.81. The number of alkyl carbamates (subject to hydrolysis) is 1. The molecule has 2 N–H and O–H groups in total. The van der Waals surface area contributed by atoms with Crippen LogP contribution in [0.25, 0.3) is 0 Å². The van der Waals surface area contributed by atoms with Gasteiger partial charge in [-0.3, -0.25) is 0 Å². The van der Waals surface area contributed by atoms with Crippen molar-refractivity contribution in [3.8, 4) is 0 Å². The lowest BCUT2D eigenvalue weighted by atomic mass is 9.89. The van der Waals surface area contributed by atoms with Crippen LogP contribution < -0.4 is 5.32 Å². The van der Waals surface area contributed by atoms with E-state index in [1.807, 2.05) is 58.0 Å². The van der Waals surface area contributed by atoms with Crippen LogP contribution in [0.15, 0.2) is 30.3 Å². The van der Waals surface area contributed by atoms with Crippen LogP contribution in [-0.4, -0.2) is 23.4 Å². The molecule has 0 aliphatic carbocycles. The predicted molar refractivity (Wildman–Crippen MR) is 74.9 cm³/mol. The zero-order chi connectivity index (χ0) is 14.5. The molecule has 0 bridgehead atoms. The minimum Gasteiger partial charge on any atom is -0.444 e. The first-order valence-electron chi connectivity index (χ1n) is 6.44. The average molecular weight is 265 g/mol. The molecule has 0 aliphatic heterocycles. The van der Waals surface area contributed by atoms with Crippen LogP contribution in [0, 0.1) is 0 Å². The lowest BCUT2D eigenvalue weighted by molar-refractivity contribution is 0.0445. The molecule has 0 fully saturated rings. The van der Waals surface area contributed by atoms with Crippen molar-refractivity contribution in [2.45, 2.75) is 45.3 Å². The molecule has 0 radical (unpaired) electrons. The summed E-state index contributed by atoms with van der Waals surface area (Å²) < 4.78 is 5.27. The zero-order valence-corrected chi connectivity index (χ0v) is 12.1. The molecular weight excluding hydrogens is 242 g/mol. The fourth-order valence-corrected chi connectivity index (χ4v) is 1.84. The highest BCUT2D eigenvalue weighted by Gasteiger charge is 2.30. The number of carbonyl (C=O) groups is 1. The largest absolute Gasteiger partial charge is 0.444 e. The van der Waals surface area contributed by atoms with Crippen LogP contribution >= 0.6 is 0 Å². The van der Waals surface area contributed by atoms with Gasteiger partial charge in [0.05, 0.1) is 5.54 Å². The van der Waals surface area contributed by atoms with E-state index in [-0.39, 0.29) is 6.61 Å². The minimum absolute atomic E-state index is 0.0127. The molecule has 1 aromatic carbocycles. The number of nitrogens with one attached hydrogen (secondary N) is 1. The number of aliphatic hydroxyl groups excluding tert-OH is 1. The van der Waals surface area contributed by atoms with Crippen molar-refractivity contribution in [3.05, 3.63) is 35.9 Å². The van der Waals surface area contributed by atoms with Crippen LogP contribution in [0.5, 0.6) is 0 Å². The summed E-state index contributed by atoms with van der Waals surface area (Å²) in [7, 11) is 0. The first-order valence-corrected chi connectivity index (χ1v) is 6.44. The Morgan fingerprint density at radius 1 is 1.21 bits per heavy atom. The molecule has 0 aromatic heterocycles. The summed E-state index contributed by atoms with van der Waals surface area (Å²) in [6.45, 7) is 7.32. The Hall–Kier alpha value is -1.55. The van der Waals surface area contributed by atoms with E-state index in [0.29, 0.717) is 6.42 Å². The number of amides is 1. The minimum atomic E-state index is -0.641. The highest BCUT2D eigenvalue weighted by atomic mass is 16.6. The van der Waals surface area contributed by atoms with Crippen molar-refractivity contribution in [1.29, 1.82) is 0 Å². The molecule has 1 atom stereocenters. The fourth-order valence-electron chi connectivity index (χ4n) is 1.84. The van der Waals surface area contributed by atoms with Crippen molar-refractivity contribution >= 4 is 6.09 Å². The molecule has 0 unspecified atom stereocenters. The van der Waals surface area contributed by atoms with Crippen LogP contribution in [0.1, 0.15) is 39.7 Å². The summed E-state index contributed by atoms with van der Waals surface area (Å²) in [5.74, 6) is 0. The van der Waals surface area contributed by atoms with Crippen LogP contribution in [0.2, 0.25) is 0 Å². The first kappa shape index (κ1) is 15.5. The molecule has 0 heterocycles. The lowest BCUT2D eigenvalue weighted by Gasteiger charge is -2.32. The van der Waals surface area contributed by atoms with Gasteiger partial charge in [-0.1, -0.05) is 30.3 Å². The Morgan fingerprint density at radius 2 is 1.79 bits per heavy atom. The third-order valence-corrected chi connectivity index (χ3v) is 2.80. The quantitative estimate of drug-likeness (QED) is 0.880. The van der Waals surface area contributed by atoms with E-state index in [1.54, 1.807) is 0 Å². The fraction of sp³-hybridized carbons (Fsp3) is 0.533. The molecule has 0 saturated heterocycles. The molecule has 4 heteroatoms. The molecule has 0 aliphatic rings. The second-order valence-corrected chi connectivity index (χ2v) is 5.80. The maximum Gasteiger partial charge on any atom is 0.408 e. The summed E-state index contributed by atoms with van der Waals surface area (Å²) in [6.07, 6.45) is -0.0525. The smallest absolute Gasteiger partial charge is 0.408 e. The van der Waals surface area contributed by atoms with Gasteiger partial charge in [0.2, 0.25) is 0 Å². The Morgan fingerprint density at radius 3 is 2.26 bits per heavy atom. The monoisotopic (exact) mass is 265 g/mol. The molecule has 4 nitrogen and oxygen atoms in total. The van der Waals surface area contributed by atoms with Gasteiger partial charge < -0.3 is 15.2 Å². The van der Waals surface area contributed by atoms with E-state index in [9.17, 15) is 9.90 Å². The van der Waals surface area contributed by atoms with Gasteiger partial charge >= 0.3 is 6.09 Å². The van der Waals surface area contributed by atoms with Crippen molar-refractivity contribution in [3.63, 3.8) is 0 Å². The number of aliphatic hydroxyl groups is 1. The van der Waals surface area contributed by atoms with E-state index in [0.717, 1.165) is 5.56 Å². The maximum absolute atomic E-state index is 11.9. The van der Waals surface area contributed by atoms with Crippen molar-refractivity contribution in [2.24, 2.45) is 0 Å². The van der Waals surface area contributed by atoms with Crippen LogP contribution in [0.3, 0.4) is 0 Å². The molecule has 0 spiro atoms. The Bertz CT molecular complexity index is 411. The third kappa shape index (κ3) is 4.91. The Balaban J connectivity index is 2.86. The van der Waals surface area contributed by atoms with Crippen molar-refractivity contribution < 1.29 is 14.6 Å². The van der Waals surface area contributed by atoms with Crippen molar-refractivity contribution in [2.75, 3.05) is 6.61 Å². The summed E-state index contributed by atoms with van der Waals surface area (Å²) >= 11 is 0. The molecule has 1 rings (SSSR count). The molecule has 0 saturated carbocycles. The van der Waals surface area contributed by atoms with Crippen LogP contribution in [-0.2, 0) is 10.3 Å². The summed E-state index contributed by atoms with van der Waals surface area (Å²) in [4.78, 5) is 11.9. The van der Waals surface area contributed by atoms with E-state index >= 15 is 0 Å². The average Bonchev–Trinajstić information content (AvgIpc) is 2.27. The van der Waals surface area contributed by atoms with Gasteiger partial charge in [-0.15, -0.1) is 0 Å². The van der Waals surface area contributed by atoms with Gasteiger partial charge in [-0.05, 0) is 39.7 Å². The third-order valence-electron chi connectivity index (χ3n) is 2.80. The van der Waals surface area contributed by atoms with E-state index in [2.05, 4.69) is 5.32 Å². The molecule has 19 heavy (non-hydrogen) atoms. The second kappa shape index (κ2) is 6.06. The number of rotatable bonds is 4. The standard InChI is InChI=1S/C15H23NO3/c1-14(2,3)19-13(18)16-15(4,10-11-17)12-8-6-5-7-9-12/h5-9,17H,10-11H2,1-4H3,(H,16,18)/t15-/m0/s1. The molecular formula is C15H23NO3. The maximum atomic E-state index is 11.9. The van der Waals surface area contributed by atoms with Gasteiger partial charge in [0.1, 0.15) is 5.60 Å². The number of carbonyl (C=O) groups excluding carboxylic acids is 1. The zero-order valence-electron chi connectivity index (χ0n) is 12.1. The van der Waals surface area contributed by atoms with Crippen LogP contribution in [0.4, 0.5) is 4.79 Å². The molecule has 1 amide bonds. The number of hydrogen-bond donors (Lipinski definition) is 2. The Kier molecular flexibility index (Phi) is 4.95. The van der Waals surface area contributed by atoms with E-state index in [1.165, 1.54) is 0 Å². The van der Waals surface area contributed by atoms with Gasteiger partial charge in [-0.25, -0.2) is 4.79 Å². The van der Waals surface area contributed by atoms with Gasteiger partial charge in [0.25, 0.3) is 0 Å². The van der Waals surface area contributed by atoms with E-state index in [4.69, 9.17) is 4.74 Å². The van der Waals surface area contributed by atoms with Gasteiger partial charge in [0, 0.05) is 6.61 Å². The topological polar surface area (TPSA) is 58.6 Å². The van der Waals surface area contributed by atoms with Gasteiger partial charge in [0.15, 0.2) is 0 Å². The summed E-state index contributed by atoms with van der Waals surface area (Å²) in [6, 6.07) is 9.57. The first-order chi connectivity index (χ1) is 8.77. The highest BCUT2D eigenvalue weighted by molar-refractivity contribution is 5.69. The highest BCUT2D eigenvalue weighted by Crippen LogP contribution is 2.24. The lowest BCUT2D eigenvalue weighted by Crippen LogP contribution is -2.46. The summed E-state index contributed by atoms with van der Waals surface area (Å²) in [5, 5.41) is 12.1. The van der Waals surface area contributed by atoms with E-state index < -0.39 is 17.2 Å². The number of hydrogen-bond acceptors (Lipinski definition) is 3. The molecule has 1 aromatic rings. The Labute approximate surface area is 114 Å². The second-order valence-electron chi connectivity index (χ2n) is 5.80. The normalized spacial score (nSPS) is 14.6. The molecule has 106 valence electrons. The number of ether oxygens (including phenoxy) is 1.